The molecule has 1 heterocycles. The lowest BCUT2D eigenvalue weighted by Crippen LogP contribution is -2.49. The average Bonchev–Trinajstić information content (AvgIpc) is 2.93. The second kappa shape index (κ2) is 9.26. The smallest absolute Gasteiger partial charge is 0.328 e. The highest BCUT2D eigenvalue weighted by molar-refractivity contribution is 6.15. The van der Waals surface area contributed by atoms with Gasteiger partial charge in [0.1, 0.15) is 12.1 Å². The Morgan fingerprint density at radius 3 is 2.71 bits per heavy atom. The van der Waals surface area contributed by atoms with Crippen molar-refractivity contribution in [2.75, 3.05) is 13.2 Å². The molecule has 122 valence electrons. The van der Waals surface area contributed by atoms with E-state index in [0.717, 1.165) is 19.3 Å². The quantitative estimate of drug-likeness (QED) is 0.424. The van der Waals surface area contributed by atoms with E-state index in [1.807, 2.05) is 20.8 Å². The number of unbranched alkanes of at least 4 members (excludes halogenated alkanes) is 1. The molecule has 1 fully saturated rings. The van der Waals surface area contributed by atoms with Crippen LogP contribution in [0.2, 0.25) is 0 Å². The average molecular weight is 319 g/mol. The Balaban J connectivity index is 2.62. The summed E-state index contributed by atoms with van der Waals surface area (Å²) in [5, 5.41) is 0. The van der Waals surface area contributed by atoms with Crippen molar-refractivity contribution < 1.29 is 14.3 Å². The van der Waals surface area contributed by atoms with Gasteiger partial charge >= 0.3 is 5.97 Å². The minimum atomic E-state index is -0.450. The molecule has 1 aliphatic heterocycles. The molecule has 21 heavy (non-hydrogen) atoms. The highest BCUT2D eigenvalue weighted by atomic mass is 35.5. The Morgan fingerprint density at radius 2 is 2.14 bits per heavy atom. The van der Waals surface area contributed by atoms with Crippen molar-refractivity contribution in [1.29, 1.82) is 0 Å². The van der Waals surface area contributed by atoms with Gasteiger partial charge in [-0.15, -0.1) is 0 Å². The largest absolute Gasteiger partial charge is 0.464 e. The molecule has 0 spiro atoms. The highest BCUT2D eigenvalue weighted by Crippen LogP contribution is 2.21. The molecule has 0 aromatic carbocycles. The van der Waals surface area contributed by atoms with Crippen LogP contribution < -0.4 is 4.84 Å². The zero-order valence-electron chi connectivity index (χ0n) is 13.2. The van der Waals surface area contributed by atoms with Crippen LogP contribution in [0, 0.1) is 5.92 Å². The molecular weight excluding hydrogens is 292 g/mol. The monoisotopic (exact) mass is 318 g/mol. The lowest BCUT2D eigenvalue weighted by atomic mass is 10.0. The van der Waals surface area contributed by atoms with Gasteiger partial charge in [-0.3, -0.25) is 4.79 Å². The van der Waals surface area contributed by atoms with E-state index in [1.165, 1.54) is 0 Å². The minimum absolute atomic E-state index is 0.103. The molecule has 1 saturated heterocycles. The number of nitrogens with one attached hydrogen (secondary N) is 1. The van der Waals surface area contributed by atoms with E-state index >= 15 is 0 Å². The zero-order chi connectivity index (χ0) is 15.8. The molecule has 1 rings (SSSR count). The number of esters is 1. The van der Waals surface area contributed by atoms with Crippen molar-refractivity contribution in [2.24, 2.45) is 5.92 Å². The maximum Gasteiger partial charge on any atom is 0.328 e. The summed E-state index contributed by atoms with van der Waals surface area (Å²) >= 11 is 5.70. The van der Waals surface area contributed by atoms with E-state index in [1.54, 1.807) is 4.90 Å². The third kappa shape index (κ3) is 5.47. The number of hydrogen-bond donors (Lipinski definition) is 1. The van der Waals surface area contributed by atoms with Crippen molar-refractivity contribution >= 4 is 23.7 Å². The summed E-state index contributed by atoms with van der Waals surface area (Å²) in [6.07, 6.45) is 3.98. The molecule has 6 heteroatoms. The number of hydrogen-bond acceptors (Lipinski definition) is 4. The van der Waals surface area contributed by atoms with Crippen LogP contribution in [-0.4, -0.2) is 42.0 Å². The number of likely N-dealkylation sites (tertiary alicyclic amines) is 1. The highest BCUT2D eigenvalue weighted by Gasteiger charge is 2.37. The summed E-state index contributed by atoms with van der Waals surface area (Å²) < 4.78 is 5.26. The second-order valence-electron chi connectivity index (χ2n) is 6.00. The molecule has 0 aromatic rings. The van der Waals surface area contributed by atoms with Crippen molar-refractivity contribution in [2.45, 2.75) is 65.0 Å². The summed E-state index contributed by atoms with van der Waals surface area (Å²) in [6, 6.07) is -0.898. The maximum absolute atomic E-state index is 12.5. The fourth-order valence-electron chi connectivity index (χ4n) is 2.55. The first-order valence-electron chi connectivity index (χ1n) is 7.84. The van der Waals surface area contributed by atoms with Crippen LogP contribution in [0.25, 0.3) is 0 Å². The van der Waals surface area contributed by atoms with E-state index in [9.17, 15) is 9.59 Å². The number of rotatable bonds is 8. The van der Waals surface area contributed by atoms with Gasteiger partial charge in [0.25, 0.3) is 0 Å². The zero-order valence-corrected chi connectivity index (χ0v) is 14.0. The topological polar surface area (TPSA) is 58.6 Å². The predicted octanol–water partition coefficient (Wildman–Crippen LogP) is 2.48. The second-order valence-corrected chi connectivity index (χ2v) is 6.22. The number of carbonyl (C=O) groups excluding carboxylic acids is 2. The molecule has 0 aliphatic carbocycles. The number of amides is 1. The lowest BCUT2D eigenvalue weighted by molar-refractivity contribution is -0.154. The van der Waals surface area contributed by atoms with Gasteiger partial charge in [-0.2, -0.15) is 0 Å². The van der Waals surface area contributed by atoms with Crippen LogP contribution in [0.4, 0.5) is 0 Å². The molecule has 5 nitrogen and oxygen atoms in total. The minimum Gasteiger partial charge on any atom is -0.464 e. The molecule has 0 saturated carbocycles. The summed E-state index contributed by atoms with van der Waals surface area (Å²) in [4.78, 5) is 28.8. The van der Waals surface area contributed by atoms with Crippen LogP contribution >= 0.6 is 11.8 Å². The van der Waals surface area contributed by atoms with Crippen molar-refractivity contribution in [1.82, 2.24) is 9.74 Å². The van der Waals surface area contributed by atoms with Crippen LogP contribution in [0.3, 0.4) is 0 Å². The molecule has 0 bridgehead atoms. The van der Waals surface area contributed by atoms with Gasteiger partial charge in [0, 0.05) is 6.54 Å². The summed E-state index contributed by atoms with van der Waals surface area (Å²) in [6.45, 7) is 7.14. The number of carbonyl (C=O) groups is 2. The molecule has 1 amide bonds. The summed E-state index contributed by atoms with van der Waals surface area (Å²) in [5.74, 6) is -0.0384. The van der Waals surface area contributed by atoms with Crippen molar-refractivity contribution in [3.63, 3.8) is 0 Å². The molecule has 1 unspecified atom stereocenters. The normalized spacial score (nSPS) is 19.9. The fourth-order valence-corrected chi connectivity index (χ4v) is 2.73. The van der Waals surface area contributed by atoms with E-state index in [0.29, 0.717) is 31.9 Å². The maximum atomic E-state index is 12.5. The van der Waals surface area contributed by atoms with Gasteiger partial charge < -0.3 is 9.64 Å². The van der Waals surface area contributed by atoms with Crippen LogP contribution in [-0.2, 0) is 14.3 Å². The van der Waals surface area contributed by atoms with E-state index in [2.05, 4.69) is 4.84 Å². The van der Waals surface area contributed by atoms with Gasteiger partial charge in [-0.25, -0.2) is 9.63 Å². The van der Waals surface area contributed by atoms with E-state index in [-0.39, 0.29) is 11.9 Å². The van der Waals surface area contributed by atoms with Crippen molar-refractivity contribution in [3.8, 4) is 0 Å². The molecule has 1 N–H and O–H groups in total. The van der Waals surface area contributed by atoms with Crippen molar-refractivity contribution in [3.05, 3.63) is 0 Å². The Labute approximate surface area is 132 Å². The Bertz CT molecular complexity index is 350. The van der Waals surface area contributed by atoms with Gasteiger partial charge in [-0.1, -0.05) is 27.2 Å². The Hall–Kier alpha value is -0.810. The number of ether oxygens (including phenoxy) is 1. The third-order valence-electron chi connectivity index (χ3n) is 3.69. The van der Waals surface area contributed by atoms with Gasteiger partial charge in [0.15, 0.2) is 0 Å². The van der Waals surface area contributed by atoms with E-state index in [4.69, 9.17) is 16.5 Å². The number of halogens is 1. The fraction of sp³-hybridized carbons (Fsp3) is 0.867. The third-order valence-corrected chi connectivity index (χ3v) is 3.95. The van der Waals surface area contributed by atoms with E-state index < -0.39 is 12.1 Å². The lowest BCUT2D eigenvalue weighted by Gasteiger charge is -2.27. The molecular formula is C15H27ClN2O3. The Morgan fingerprint density at radius 1 is 1.43 bits per heavy atom. The SMILES string of the molecule is CCCCOC(=O)[C@@H]1CCCN1C(=O)C(CC(C)C)NCl. The molecule has 2 atom stereocenters. The first-order valence-corrected chi connectivity index (χ1v) is 8.22. The molecule has 0 aromatic heterocycles. The predicted molar refractivity (Wildman–Crippen MR) is 82.8 cm³/mol. The molecule has 0 radical (unpaired) electrons. The van der Waals surface area contributed by atoms with Gasteiger partial charge in [-0.05, 0) is 43.4 Å². The standard InChI is InChI=1S/C15H27ClN2O3/c1-4-5-9-21-15(20)13-7-6-8-18(13)14(19)12(17-16)10-11(2)3/h11-13,17H,4-10H2,1-3H3/t12?,13-/m0/s1. The Kier molecular flexibility index (Phi) is 8.04. The van der Waals surface area contributed by atoms with Crippen LogP contribution in [0.1, 0.15) is 52.9 Å². The van der Waals surface area contributed by atoms with Crippen LogP contribution in [0.15, 0.2) is 0 Å². The molecule has 1 aliphatic rings. The van der Waals surface area contributed by atoms with Gasteiger partial charge in [0.2, 0.25) is 5.91 Å². The first kappa shape index (κ1) is 18.2. The van der Waals surface area contributed by atoms with Gasteiger partial charge in [0.05, 0.1) is 6.61 Å². The summed E-state index contributed by atoms with van der Waals surface area (Å²) in [5.41, 5.74) is 0. The first-order chi connectivity index (χ1) is 10.0. The summed E-state index contributed by atoms with van der Waals surface area (Å²) in [7, 11) is 0. The van der Waals surface area contributed by atoms with Crippen LogP contribution in [0.5, 0.6) is 0 Å². The number of nitrogens with zero attached hydrogens (tertiary/aromatic N) is 1.